The average molecular weight is 398 g/mol. The summed E-state index contributed by atoms with van der Waals surface area (Å²) in [4.78, 5) is 36.1. The number of carbonyl (C=O) groups excluding carboxylic acids is 3. The minimum Gasteiger partial charge on any atom is -0.454 e. The number of aromatic nitrogens is 1. The van der Waals surface area contributed by atoms with E-state index in [9.17, 15) is 14.4 Å². The molecule has 1 aromatic heterocycles. The molecule has 0 saturated carbocycles. The summed E-state index contributed by atoms with van der Waals surface area (Å²) in [7, 11) is 0. The third kappa shape index (κ3) is 5.12. The van der Waals surface area contributed by atoms with Crippen molar-refractivity contribution in [2.75, 3.05) is 18.5 Å². The predicted octanol–water partition coefficient (Wildman–Crippen LogP) is 3.28. The molecule has 2 aromatic rings. The van der Waals surface area contributed by atoms with Gasteiger partial charge in [-0.15, -0.1) is 0 Å². The van der Waals surface area contributed by atoms with Gasteiger partial charge in [-0.05, 0) is 51.0 Å². The standard InChI is InChI=1S/C22H26N2O5/c1-14-10-20(15(2)24(14)12-19-8-5-9-28-19)21(26)13-29-22(27)17-6-4-7-18(11-17)23-16(3)25/h4,6-7,10-11,19H,5,8-9,12-13H2,1-3H3,(H,23,25)/t19-/m0/s1. The van der Waals surface area contributed by atoms with Crippen molar-refractivity contribution in [1.29, 1.82) is 0 Å². The first kappa shape index (κ1) is 20.8. The highest BCUT2D eigenvalue weighted by atomic mass is 16.5. The van der Waals surface area contributed by atoms with Crippen LogP contribution in [0.25, 0.3) is 0 Å². The quantitative estimate of drug-likeness (QED) is 0.571. The van der Waals surface area contributed by atoms with Gasteiger partial charge in [0, 0.05) is 42.7 Å². The molecule has 3 rings (SSSR count). The summed E-state index contributed by atoms with van der Waals surface area (Å²) in [6, 6.07) is 8.24. The summed E-state index contributed by atoms with van der Waals surface area (Å²) in [5.41, 5.74) is 3.16. The molecule has 2 heterocycles. The zero-order valence-electron chi connectivity index (χ0n) is 17.0. The van der Waals surface area contributed by atoms with Crippen LogP contribution in [0.3, 0.4) is 0 Å². The lowest BCUT2D eigenvalue weighted by Crippen LogP contribution is -2.18. The van der Waals surface area contributed by atoms with E-state index in [2.05, 4.69) is 9.88 Å². The van der Waals surface area contributed by atoms with E-state index in [4.69, 9.17) is 9.47 Å². The normalized spacial score (nSPS) is 15.9. The summed E-state index contributed by atoms with van der Waals surface area (Å²) < 4.78 is 13.0. The van der Waals surface area contributed by atoms with Gasteiger partial charge in [-0.25, -0.2) is 4.79 Å². The fourth-order valence-corrected chi connectivity index (χ4v) is 3.58. The molecule has 0 aliphatic carbocycles. The Balaban J connectivity index is 1.63. The third-order valence-electron chi connectivity index (χ3n) is 5.04. The molecule has 0 unspecified atom stereocenters. The molecule has 7 nitrogen and oxygen atoms in total. The largest absolute Gasteiger partial charge is 0.454 e. The fraction of sp³-hybridized carbons (Fsp3) is 0.409. The minimum absolute atomic E-state index is 0.177. The van der Waals surface area contributed by atoms with Gasteiger partial charge >= 0.3 is 5.97 Å². The summed E-state index contributed by atoms with van der Waals surface area (Å²) in [5.74, 6) is -1.09. The molecule has 1 saturated heterocycles. The molecular weight excluding hydrogens is 372 g/mol. The number of nitrogens with one attached hydrogen (secondary N) is 1. The van der Waals surface area contributed by atoms with Crippen molar-refractivity contribution in [3.63, 3.8) is 0 Å². The molecule has 154 valence electrons. The maximum absolute atomic E-state index is 12.6. The van der Waals surface area contributed by atoms with Gasteiger partial charge in [0.25, 0.3) is 0 Å². The molecule has 1 aromatic carbocycles. The average Bonchev–Trinajstić information content (AvgIpc) is 3.29. The third-order valence-corrected chi connectivity index (χ3v) is 5.04. The van der Waals surface area contributed by atoms with Gasteiger partial charge in [-0.3, -0.25) is 9.59 Å². The van der Waals surface area contributed by atoms with Crippen LogP contribution in [0.4, 0.5) is 5.69 Å². The Bertz CT molecular complexity index is 925. The zero-order chi connectivity index (χ0) is 21.0. The number of aryl methyl sites for hydroxylation is 1. The van der Waals surface area contributed by atoms with E-state index in [1.54, 1.807) is 18.2 Å². The Morgan fingerprint density at radius 1 is 1.24 bits per heavy atom. The van der Waals surface area contributed by atoms with E-state index in [1.165, 1.54) is 13.0 Å². The fourth-order valence-electron chi connectivity index (χ4n) is 3.58. The number of Topliss-reactive ketones (excluding diaryl/α,β-unsaturated/α-hetero) is 1. The van der Waals surface area contributed by atoms with E-state index in [-0.39, 0.29) is 30.0 Å². The molecule has 1 amide bonds. The van der Waals surface area contributed by atoms with Crippen molar-refractivity contribution in [1.82, 2.24) is 4.57 Å². The van der Waals surface area contributed by atoms with E-state index in [0.717, 1.165) is 37.4 Å². The number of esters is 1. The van der Waals surface area contributed by atoms with E-state index in [1.807, 2.05) is 19.9 Å². The number of ether oxygens (including phenoxy) is 2. The highest BCUT2D eigenvalue weighted by Crippen LogP contribution is 2.21. The molecule has 1 aliphatic heterocycles. The van der Waals surface area contributed by atoms with Crippen molar-refractivity contribution in [3.05, 3.63) is 52.8 Å². The summed E-state index contributed by atoms with van der Waals surface area (Å²) in [6.45, 7) is 6.41. The van der Waals surface area contributed by atoms with Gasteiger partial charge in [0.1, 0.15) is 0 Å². The Morgan fingerprint density at radius 3 is 2.72 bits per heavy atom. The van der Waals surface area contributed by atoms with Gasteiger partial charge in [0.05, 0.1) is 11.7 Å². The lowest BCUT2D eigenvalue weighted by molar-refractivity contribution is -0.114. The number of nitrogens with zero attached hydrogens (tertiary/aromatic N) is 1. The maximum atomic E-state index is 12.6. The molecular formula is C22H26N2O5. The Labute approximate surface area is 170 Å². The number of hydrogen-bond donors (Lipinski definition) is 1. The van der Waals surface area contributed by atoms with E-state index < -0.39 is 5.97 Å². The number of carbonyl (C=O) groups is 3. The van der Waals surface area contributed by atoms with Crippen LogP contribution in [0, 0.1) is 13.8 Å². The van der Waals surface area contributed by atoms with Gasteiger partial charge in [-0.2, -0.15) is 0 Å². The monoisotopic (exact) mass is 398 g/mol. The second kappa shape index (κ2) is 9.05. The molecule has 0 radical (unpaired) electrons. The van der Waals surface area contributed by atoms with Crippen molar-refractivity contribution in [2.45, 2.75) is 46.3 Å². The molecule has 1 N–H and O–H groups in total. The van der Waals surface area contributed by atoms with Gasteiger partial charge in [0.15, 0.2) is 6.61 Å². The zero-order valence-corrected chi connectivity index (χ0v) is 17.0. The van der Waals surface area contributed by atoms with Crippen LogP contribution in [-0.2, 0) is 20.8 Å². The SMILES string of the molecule is CC(=O)Nc1cccc(C(=O)OCC(=O)c2cc(C)n(C[C@@H]3CCCO3)c2C)c1. The van der Waals surface area contributed by atoms with Crippen LogP contribution >= 0.6 is 0 Å². The van der Waals surface area contributed by atoms with Crippen LogP contribution in [0.5, 0.6) is 0 Å². The second-order valence-electron chi connectivity index (χ2n) is 7.29. The van der Waals surface area contributed by atoms with Crippen molar-refractivity contribution in [3.8, 4) is 0 Å². The van der Waals surface area contributed by atoms with Gasteiger partial charge in [0.2, 0.25) is 11.7 Å². The molecule has 7 heteroatoms. The lowest BCUT2D eigenvalue weighted by Gasteiger charge is -2.14. The van der Waals surface area contributed by atoms with Crippen LogP contribution < -0.4 is 5.32 Å². The Hall–Kier alpha value is -2.93. The molecule has 1 atom stereocenters. The molecule has 0 spiro atoms. The van der Waals surface area contributed by atoms with Gasteiger partial charge in [-0.1, -0.05) is 6.07 Å². The van der Waals surface area contributed by atoms with Crippen molar-refractivity contribution >= 4 is 23.3 Å². The lowest BCUT2D eigenvalue weighted by atomic mass is 10.1. The first-order chi connectivity index (χ1) is 13.8. The molecule has 1 aliphatic rings. The summed E-state index contributed by atoms with van der Waals surface area (Å²) in [6.07, 6.45) is 2.26. The number of amides is 1. The van der Waals surface area contributed by atoms with E-state index >= 15 is 0 Å². The van der Waals surface area contributed by atoms with Crippen LogP contribution in [0.2, 0.25) is 0 Å². The van der Waals surface area contributed by atoms with Crippen molar-refractivity contribution in [2.24, 2.45) is 0 Å². The molecule has 1 fully saturated rings. The minimum atomic E-state index is -0.612. The highest BCUT2D eigenvalue weighted by Gasteiger charge is 2.22. The Kier molecular flexibility index (Phi) is 6.49. The smallest absolute Gasteiger partial charge is 0.338 e. The number of rotatable bonds is 7. The van der Waals surface area contributed by atoms with Gasteiger partial charge < -0.3 is 19.4 Å². The number of anilines is 1. The second-order valence-corrected chi connectivity index (χ2v) is 7.29. The predicted molar refractivity (Wildman–Crippen MR) is 108 cm³/mol. The van der Waals surface area contributed by atoms with Crippen LogP contribution in [0.15, 0.2) is 30.3 Å². The highest BCUT2D eigenvalue weighted by molar-refractivity contribution is 6.00. The Morgan fingerprint density at radius 2 is 2.03 bits per heavy atom. The summed E-state index contributed by atoms with van der Waals surface area (Å²) >= 11 is 0. The molecule has 0 bridgehead atoms. The number of hydrogen-bond acceptors (Lipinski definition) is 5. The topological polar surface area (TPSA) is 86.6 Å². The maximum Gasteiger partial charge on any atom is 0.338 e. The molecule has 29 heavy (non-hydrogen) atoms. The van der Waals surface area contributed by atoms with E-state index in [0.29, 0.717) is 11.3 Å². The summed E-state index contributed by atoms with van der Waals surface area (Å²) in [5, 5.41) is 2.61. The number of ketones is 1. The van der Waals surface area contributed by atoms with Crippen LogP contribution in [-0.4, -0.2) is 41.5 Å². The first-order valence-corrected chi connectivity index (χ1v) is 9.71. The number of benzene rings is 1. The van der Waals surface area contributed by atoms with Crippen LogP contribution in [0.1, 0.15) is 51.9 Å². The first-order valence-electron chi connectivity index (χ1n) is 9.71. The van der Waals surface area contributed by atoms with Crippen molar-refractivity contribution < 1.29 is 23.9 Å².